The van der Waals surface area contributed by atoms with Crippen LogP contribution in [0.5, 0.6) is 0 Å². The van der Waals surface area contributed by atoms with E-state index in [9.17, 15) is 0 Å². The van der Waals surface area contributed by atoms with E-state index in [-0.39, 0.29) is 0 Å². The van der Waals surface area contributed by atoms with Crippen LogP contribution in [0.4, 0.5) is 0 Å². The molecule has 1 aliphatic heterocycles. The lowest BCUT2D eigenvalue weighted by Gasteiger charge is -2.08. The summed E-state index contributed by atoms with van der Waals surface area (Å²) >= 11 is 0. The fourth-order valence-corrected chi connectivity index (χ4v) is 0.572. The highest BCUT2D eigenvalue weighted by molar-refractivity contribution is 6.13. The van der Waals surface area contributed by atoms with Crippen molar-refractivity contribution in [3.8, 4) is 0 Å². The summed E-state index contributed by atoms with van der Waals surface area (Å²) in [5.41, 5.74) is 0. The Kier molecular flexibility index (Phi) is 0.964. The smallest absolute Gasteiger partial charge is 0.244 e. The molecular formula is C2H7B2N3. The van der Waals surface area contributed by atoms with Crippen LogP contribution in [-0.4, -0.2) is 38.7 Å². The van der Waals surface area contributed by atoms with E-state index in [1.165, 1.54) is 0 Å². The Morgan fingerprint density at radius 3 is 2.43 bits per heavy atom. The highest BCUT2D eigenvalue weighted by atomic mass is 15.5. The maximum Gasteiger partial charge on any atom is 0.244 e. The lowest BCUT2D eigenvalue weighted by molar-refractivity contribution is 0.451. The first-order valence-corrected chi connectivity index (χ1v) is 2.24. The van der Waals surface area contributed by atoms with Crippen molar-refractivity contribution in [1.82, 2.24) is 9.73 Å². The van der Waals surface area contributed by atoms with Gasteiger partial charge in [-0.05, 0) is 0 Å². The minimum Gasteiger partial charge on any atom is -0.396 e. The summed E-state index contributed by atoms with van der Waals surface area (Å²) in [6.07, 6.45) is 1.81. The van der Waals surface area contributed by atoms with Gasteiger partial charge in [0.05, 0.1) is 13.0 Å². The van der Waals surface area contributed by atoms with Gasteiger partial charge in [0.15, 0.2) is 0 Å². The zero-order chi connectivity index (χ0) is 5.28. The number of nitrogens with zero attached hydrogens (tertiary/aromatic N) is 3. The van der Waals surface area contributed by atoms with Crippen molar-refractivity contribution in [2.75, 3.05) is 6.67 Å². The summed E-state index contributed by atoms with van der Waals surface area (Å²) in [5.74, 6) is 0. The highest BCUT2D eigenvalue weighted by Gasteiger charge is 2.00. The Morgan fingerprint density at radius 1 is 1.57 bits per heavy atom. The number of hydrogen-bond donors (Lipinski definition) is 0. The number of hydrogen-bond acceptors (Lipinski definition) is 3. The molecule has 0 saturated carbocycles. The van der Waals surface area contributed by atoms with Crippen LogP contribution in [0.1, 0.15) is 0 Å². The van der Waals surface area contributed by atoms with Gasteiger partial charge in [0.1, 0.15) is 0 Å². The zero-order valence-electron chi connectivity index (χ0n) is 4.63. The molecular weight excluding hydrogens is 87.7 g/mol. The molecule has 0 aromatic rings. The summed E-state index contributed by atoms with van der Waals surface area (Å²) in [5, 5.41) is 3.95. The Labute approximate surface area is 44.8 Å². The normalized spacial score (nSPS) is 18.9. The lowest BCUT2D eigenvalue weighted by Crippen LogP contribution is -2.21. The second-order valence-corrected chi connectivity index (χ2v) is 1.79. The molecule has 0 saturated heterocycles. The summed E-state index contributed by atoms with van der Waals surface area (Å²) in [6.45, 7) is 0.917. The summed E-state index contributed by atoms with van der Waals surface area (Å²) in [7, 11) is 3.94. The monoisotopic (exact) mass is 95.1 g/mol. The molecule has 1 heterocycles. The zero-order valence-corrected chi connectivity index (χ0v) is 4.63. The summed E-state index contributed by atoms with van der Waals surface area (Å²) < 4.78 is 0. The Morgan fingerprint density at radius 2 is 2.29 bits per heavy atom. The van der Waals surface area contributed by atoms with Crippen LogP contribution in [0.25, 0.3) is 0 Å². The van der Waals surface area contributed by atoms with E-state index in [1.54, 1.807) is 6.34 Å². The van der Waals surface area contributed by atoms with Gasteiger partial charge >= 0.3 is 0 Å². The van der Waals surface area contributed by atoms with Gasteiger partial charge in [-0.2, -0.15) is 5.10 Å². The minimum absolute atomic E-state index is 0.917. The molecule has 36 valence electrons. The highest BCUT2D eigenvalue weighted by Crippen LogP contribution is 1.90. The number of hydrazone groups is 1. The van der Waals surface area contributed by atoms with Crippen LogP contribution < -0.4 is 0 Å². The Bertz CT molecular complexity index is 82.9. The molecule has 5 heteroatoms. The van der Waals surface area contributed by atoms with Crippen molar-refractivity contribution in [1.29, 1.82) is 0 Å². The SMILES string of the molecule is BN1C=NN(B)C1. The van der Waals surface area contributed by atoms with E-state index in [1.807, 2.05) is 25.7 Å². The maximum atomic E-state index is 3.95. The third-order valence-electron chi connectivity index (χ3n) is 0.874. The molecule has 1 rings (SSSR count). The van der Waals surface area contributed by atoms with Crippen molar-refractivity contribution in [2.24, 2.45) is 5.10 Å². The van der Waals surface area contributed by atoms with E-state index >= 15 is 0 Å². The average molecular weight is 94.7 g/mol. The predicted molar refractivity (Wildman–Crippen MR) is 34.1 cm³/mol. The molecule has 0 unspecified atom stereocenters. The number of rotatable bonds is 0. The fraction of sp³-hybridized carbons (Fsp3) is 0.500. The summed E-state index contributed by atoms with van der Waals surface area (Å²) in [6, 6.07) is 0. The van der Waals surface area contributed by atoms with Gasteiger partial charge in [-0.15, -0.1) is 0 Å². The molecule has 3 nitrogen and oxygen atoms in total. The van der Waals surface area contributed by atoms with Crippen molar-refractivity contribution in [2.45, 2.75) is 0 Å². The Hall–Kier alpha value is -0.600. The predicted octanol–water partition coefficient (Wildman–Crippen LogP) is -2.40. The van der Waals surface area contributed by atoms with Gasteiger partial charge in [0, 0.05) is 0 Å². The van der Waals surface area contributed by atoms with Crippen molar-refractivity contribution < 1.29 is 0 Å². The van der Waals surface area contributed by atoms with Crippen LogP contribution in [0.15, 0.2) is 5.10 Å². The molecule has 0 atom stereocenters. The van der Waals surface area contributed by atoms with Gasteiger partial charge in [-0.1, -0.05) is 0 Å². The molecule has 0 aromatic heterocycles. The van der Waals surface area contributed by atoms with Crippen LogP contribution >= 0.6 is 0 Å². The third-order valence-corrected chi connectivity index (χ3v) is 0.874. The molecule has 1 aliphatic rings. The molecule has 0 aromatic carbocycles. The van der Waals surface area contributed by atoms with Crippen molar-refractivity contribution >= 4 is 22.3 Å². The van der Waals surface area contributed by atoms with Crippen LogP contribution in [0, 0.1) is 0 Å². The molecule has 0 aliphatic carbocycles. The Balaban J connectivity index is 2.42. The van der Waals surface area contributed by atoms with E-state index in [4.69, 9.17) is 0 Å². The average Bonchev–Trinajstić information content (AvgIpc) is 1.87. The van der Waals surface area contributed by atoms with Gasteiger partial charge in [0.2, 0.25) is 16.0 Å². The molecule has 0 fully saturated rings. The molecule has 0 N–H and O–H groups in total. The molecule has 0 bridgehead atoms. The molecule has 7 heavy (non-hydrogen) atoms. The van der Waals surface area contributed by atoms with Crippen molar-refractivity contribution in [3.05, 3.63) is 0 Å². The van der Waals surface area contributed by atoms with Crippen molar-refractivity contribution in [3.63, 3.8) is 0 Å². The van der Waals surface area contributed by atoms with E-state index in [0.29, 0.717) is 0 Å². The molecule has 0 amide bonds. The first-order chi connectivity index (χ1) is 3.29. The second-order valence-electron chi connectivity index (χ2n) is 1.79. The third kappa shape index (κ3) is 0.885. The van der Waals surface area contributed by atoms with Crippen LogP contribution in [0.2, 0.25) is 0 Å². The largest absolute Gasteiger partial charge is 0.396 e. The van der Waals surface area contributed by atoms with Gasteiger partial charge < -0.3 is 9.73 Å². The summed E-state index contributed by atoms with van der Waals surface area (Å²) in [4.78, 5) is 3.89. The molecule has 0 radical (unpaired) electrons. The quantitative estimate of drug-likeness (QED) is 0.312. The minimum atomic E-state index is 0.917. The second kappa shape index (κ2) is 1.48. The molecule has 0 spiro atoms. The maximum absolute atomic E-state index is 3.95. The van der Waals surface area contributed by atoms with E-state index in [0.717, 1.165) is 6.67 Å². The fourth-order valence-electron chi connectivity index (χ4n) is 0.572. The topological polar surface area (TPSA) is 18.8 Å². The first kappa shape index (κ1) is 4.56. The first-order valence-electron chi connectivity index (χ1n) is 2.24. The van der Waals surface area contributed by atoms with Gasteiger partial charge in [-0.3, -0.25) is 0 Å². The van der Waals surface area contributed by atoms with E-state index in [2.05, 4.69) is 5.10 Å². The van der Waals surface area contributed by atoms with Crippen LogP contribution in [-0.2, 0) is 0 Å². The standard InChI is InChI=1S/C2H7B2N3/c3-6-1-5-7(4)2-6/h1H,2-4H2. The lowest BCUT2D eigenvalue weighted by atomic mass is 10.3. The van der Waals surface area contributed by atoms with Gasteiger partial charge in [-0.25, -0.2) is 0 Å². The van der Waals surface area contributed by atoms with Crippen LogP contribution in [0.3, 0.4) is 0 Å². The van der Waals surface area contributed by atoms with E-state index < -0.39 is 0 Å². The van der Waals surface area contributed by atoms with Gasteiger partial charge in [0.25, 0.3) is 0 Å².